The van der Waals surface area contributed by atoms with Crippen LogP contribution in [-0.4, -0.2) is 34.6 Å². The zero-order valence-electron chi connectivity index (χ0n) is 9.11. The molecule has 1 aliphatic rings. The van der Waals surface area contributed by atoms with E-state index in [0.717, 1.165) is 12.3 Å². The Kier molecular flexibility index (Phi) is 2.87. The van der Waals surface area contributed by atoms with Gasteiger partial charge in [-0.1, -0.05) is 0 Å². The minimum atomic E-state index is 0.801. The molecule has 1 aliphatic heterocycles. The predicted octanol–water partition coefficient (Wildman–Crippen LogP) is 1.30. The Balaban J connectivity index is 1.94. The number of likely N-dealkylation sites (tertiary alicyclic amines) is 1. The standard InChI is InChI=1S/C11H19N3/c1-13-6-3-4-10(9-13)8-11-12-5-7-14(11)2/h5,7,10H,3-4,6,8-9H2,1-2H3. The summed E-state index contributed by atoms with van der Waals surface area (Å²) in [7, 11) is 4.29. The first-order valence-electron chi connectivity index (χ1n) is 5.40. The number of hydrogen-bond donors (Lipinski definition) is 0. The van der Waals surface area contributed by atoms with Crippen molar-refractivity contribution in [1.29, 1.82) is 0 Å². The summed E-state index contributed by atoms with van der Waals surface area (Å²) in [6.45, 7) is 2.49. The molecule has 1 fully saturated rings. The van der Waals surface area contributed by atoms with Crippen molar-refractivity contribution in [3.8, 4) is 0 Å². The van der Waals surface area contributed by atoms with E-state index in [2.05, 4.69) is 28.5 Å². The molecule has 78 valence electrons. The molecular formula is C11H19N3. The Morgan fingerprint density at radius 3 is 3.00 bits per heavy atom. The number of nitrogens with zero attached hydrogens (tertiary/aromatic N) is 3. The van der Waals surface area contributed by atoms with Crippen LogP contribution in [0.5, 0.6) is 0 Å². The summed E-state index contributed by atoms with van der Waals surface area (Å²) in [5, 5.41) is 0. The molecule has 1 aromatic heterocycles. The highest BCUT2D eigenvalue weighted by atomic mass is 15.1. The maximum atomic E-state index is 4.38. The van der Waals surface area contributed by atoms with Gasteiger partial charge in [0.05, 0.1) is 0 Å². The summed E-state index contributed by atoms with van der Waals surface area (Å²) in [5.74, 6) is 2.03. The van der Waals surface area contributed by atoms with E-state index in [4.69, 9.17) is 0 Å². The Morgan fingerprint density at radius 2 is 2.36 bits per heavy atom. The quantitative estimate of drug-likeness (QED) is 0.706. The van der Waals surface area contributed by atoms with Crippen molar-refractivity contribution in [1.82, 2.24) is 14.5 Å². The first kappa shape index (κ1) is 9.71. The average molecular weight is 193 g/mol. The second-order valence-corrected chi connectivity index (χ2v) is 4.43. The maximum Gasteiger partial charge on any atom is 0.108 e. The maximum absolute atomic E-state index is 4.38. The number of rotatable bonds is 2. The molecule has 1 unspecified atom stereocenters. The van der Waals surface area contributed by atoms with Crippen LogP contribution in [0.15, 0.2) is 12.4 Å². The summed E-state index contributed by atoms with van der Waals surface area (Å²) >= 11 is 0. The summed E-state index contributed by atoms with van der Waals surface area (Å²) in [6.07, 6.45) is 7.75. The number of imidazole rings is 1. The molecule has 2 rings (SSSR count). The fourth-order valence-corrected chi connectivity index (χ4v) is 2.29. The summed E-state index contributed by atoms with van der Waals surface area (Å²) in [6, 6.07) is 0. The van der Waals surface area contributed by atoms with Crippen LogP contribution in [0.1, 0.15) is 18.7 Å². The lowest BCUT2D eigenvalue weighted by Gasteiger charge is -2.29. The Morgan fingerprint density at radius 1 is 1.50 bits per heavy atom. The predicted molar refractivity (Wildman–Crippen MR) is 57.1 cm³/mol. The number of piperidine rings is 1. The van der Waals surface area contributed by atoms with Crippen molar-refractivity contribution < 1.29 is 0 Å². The van der Waals surface area contributed by atoms with E-state index in [0.29, 0.717) is 0 Å². The van der Waals surface area contributed by atoms with Gasteiger partial charge in [-0.3, -0.25) is 0 Å². The van der Waals surface area contributed by atoms with Crippen molar-refractivity contribution in [2.45, 2.75) is 19.3 Å². The Hall–Kier alpha value is -0.830. The van der Waals surface area contributed by atoms with Crippen molar-refractivity contribution in [3.63, 3.8) is 0 Å². The smallest absolute Gasteiger partial charge is 0.108 e. The van der Waals surface area contributed by atoms with Crippen molar-refractivity contribution in [2.75, 3.05) is 20.1 Å². The number of aromatic nitrogens is 2. The monoisotopic (exact) mass is 193 g/mol. The van der Waals surface area contributed by atoms with E-state index < -0.39 is 0 Å². The van der Waals surface area contributed by atoms with Crippen molar-refractivity contribution in [2.24, 2.45) is 13.0 Å². The van der Waals surface area contributed by atoms with E-state index in [9.17, 15) is 0 Å². The lowest BCUT2D eigenvalue weighted by atomic mass is 9.95. The molecule has 0 bridgehead atoms. The zero-order chi connectivity index (χ0) is 9.97. The molecule has 1 saturated heterocycles. The largest absolute Gasteiger partial charge is 0.338 e. The van der Waals surface area contributed by atoms with Crippen LogP contribution < -0.4 is 0 Å². The normalized spacial score (nSPS) is 24.0. The van der Waals surface area contributed by atoms with Gasteiger partial charge in [0, 0.05) is 32.4 Å². The third-order valence-electron chi connectivity index (χ3n) is 3.11. The van der Waals surface area contributed by atoms with Crippen LogP contribution in [-0.2, 0) is 13.5 Å². The molecule has 0 saturated carbocycles. The summed E-state index contributed by atoms with van der Waals surface area (Å²) in [5.41, 5.74) is 0. The van der Waals surface area contributed by atoms with E-state index in [1.807, 2.05) is 12.4 Å². The fraction of sp³-hybridized carbons (Fsp3) is 0.727. The van der Waals surface area contributed by atoms with Crippen LogP contribution in [0.25, 0.3) is 0 Å². The molecule has 0 aromatic carbocycles. The van der Waals surface area contributed by atoms with E-state index in [-0.39, 0.29) is 0 Å². The highest BCUT2D eigenvalue weighted by Gasteiger charge is 2.18. The average Bonchev–Trinajstić information content (AvgIpc) is 2.52. The summed E-state index contributed by atoms with van der Waals surface area (Å²) in [4.78, 5) is 6.81. The highest BCUT2D eigenvalue weighted by Crippen LogP contribution is 2.18. The van der Waals surface area contributed by atoms with Crippen LogP contribution in [0, 0.1) is 5.92 Å². The van der Waals surface area contributed by atoms with Gasteiger partial charge in [-0.05, 0) is 32.4 Å². The van der Waals surface area contributed by atoms with Gasteiger partial charge in [0.2, 0.25) is 0 Å². The molecule has 2 heterocycles. The Labute approximate surface area is 85.7 Å². The number of hydrogen-bond acceptors (Lipinski definition) is 2. The molecule has 0 radical (unpaired) electrons. The van der Waals surface area contributed by atoms with Gasteiger partial charge in [-0.25, -0.2) is 4.98 Å². The topological polar surface area (TPSA) is 21.1 Å². The van der Waals surface area contributed by atoms with E-state index in [1.54, 1.807) is 0 Å². The van der Waals surface area contributed by atoms with Crippen LogP contribution in [0.3, 0.4) is 0 Å². The molecule has 0 amide bonds. The minimum absolute atomic E-state index is 0.801. The van der Waals surface area contributed by atoms with E-state index >= 15 is 0 Å². The van der Waals surface area contributed by atoms with Crippen LogP contribution >= 0.6 is 0 Å². The van der Waals surface area contributed by atoms with Gasteiger partial charge in [-0.15, -0.1) is 0 Å². The zero-order valence-corrected chi connectivity index (χ0v) is 9.11. The molecule has 14 heavy (non-hydrogen) atoms. The highest BCUT2D eigenvalue weighted by molar-refractivity contribution is 4.93. The molecule has 0 spiro atoms. The van der Waals surface area contributed by atoms with Gasteiger partial charge in [0.25, 0.3) is 0 Å². The number of aryl methyl sites for hydroxylation is 1. The SMILES string of the molecule is CN1CCCC(Cc2nccn2C)C1. The molecule has 1 atom stereocenters. The first-order valence-corrected chi connectivity index (χ1v) is 5.40. The molecule has 0 N–H and O–H groups in total. The van der Waals surface area contributed by atoms with Gasteiger partial charge in [0.1, 0.15) is 5.82 Å². The molecule has 0 aliphatic carbocycles. The van der Waals surface area contributed by atoms with E-state index in [1.165, 1.54) is 31.8 Å². The van der Waals surface area contributed by atoms with Crippen molar-refractivity contribution in [3.05, 3.63) is 18.2 Å². The fourth-order valence-electron chi connectivity index (χ4n) is 2.29. The molecule has 3 heteroatoms. The molecule has 3 nitrogen and oxygen atoms in total. The summed E-state index contributed by atoms with van der Waals surface area (Å²) < 4.78 is 2.13. The van der Waals surface area contributed by atoms with Crippen LogP contribution in [0.4, 0.5) is 0 Å². The van der Waals surface area contributed by atoms with Crippen molar-refractivity contribution >= 4 is 0 Å². The molecule has 1 aromatic rings. The van der Waals surface area contributed by atoms with Gasteiger partial charge < -0.3 is 9.47 Å². The second-order valence-electron chi connectivity index (χ2n) is 4.43. The minimum Gasteiger partial charge on any atom is -0.338 e. The van der Waals surface area contributed by atoms with Crippen LogP contribution in [0.2, 0.25) is 0 Å². The van der Waals surface area contributed by atoms with Gasteiger partial charge in [-0.2, -0.15) is 0 Å². The lowest BCUT2D eigenvalue weighted by molar-refractivity contribution is 0.207. The first-order chi connectivity index (χ1) is 6.75. The lowest BCUT2D eigenvalue weighted by Crippen LogP contribution is -2.33. The van der Waals surface area contributed by atoms with Gasteiger partial charge >= 0.3 is 0 Å². The van der Waals surface area contributed by atoms with Gasteiger partial charge in [0.15, 0.2) is 0 Å². The third-order valence-corrected chi connectivity index (χ3v) is 3.11. The second kappa shape index (κ2) is 4.13. The molecular weight excluding hydrogens is 174 g/mol. The Bertz CT molecular complexity index is 292. The third kappa shape index (κ3) is 2.15.